The van der Waals surface area contributed by atoms with Crippen LogP contribution in [-0.4, -0.2) is 14.4 Å². The van der Waals surface area contributed by atoms with Crippen molar-refractivity contribution in [1.29, 1.82) is 0 Å². The number of thiazole rings is 1. The van der Waals surface area contributed by atoms with Gasteiger partial charge in [0.25, 0.3) is 0 Å². The molecule has 4 nitrogen and oxygen atoms in total. The van der Waals surface area contributed by atoms with Gasteiger partial charge < -0.3 is 5.32 Å². The first-order valence-corrected chi connectivity index (χ1v) is 8.66. The highest BCUT2D eigenvalue weighted by Crippen LogP contribution is 2.27. The Labute approximate surface area is 145 Å². The van der Waals surface area contributed by atoms with Gasteiger partial charge in [-0.25, -0.2) is 9.97 Å². The third-order valence-electron chi connectivity index (χ3n) is 3.28. The monoisotopic (exact) mass is 418 g/mol. The van der Waals surface area contributed by atoms with Crippen molar-refractivity contribution in [3.05, 3.63) is 63.8 Å². The molecule has 0 radical (unpaired) electrons. The van der Waals surface area contributed by atoms with Gasteiger partial charge in [-0.2, -0.15) is 0 Å². The van der Waals surface area contributed by atoms with Crippen molar-refractivity contribution >= 4 is 50.4 Å². The van der Waals surface area contributed by atoms with E-state index in [-0.39, 0.29) is 0 Å². The minimum Gasteiger partial charge on any atom is -0.332 e. The second kappa shape index (κ2) is 5.69. The van der Waals surface area contributed by atoms with Crippen molar-refractivity contribution in [2.45, 2.75) is 0 Å². The summed E-state index contributed by atoms with van der Waals surface area (Å²) < 4.78 is 3.26. The molecular formula is C16H11IN4S. The molecule has 22 heavy (non-hydrogen) atoms. The normalized spacial score (nSPS) is 11.0. The van der Waals surface area contributed by atoms with Gasteiger partial charge in [0.1, 0.15) is 11.3 Å². The molecule has 1 N–H and O–H groups in total. The van der Waals surface area contributed by atoms with Gasteiger partial charge in [-0.15, -0.1) is 11.3 Å². The fourth-order valence-corrected chi connectivity index (χ4v) is 3.31. The van der Waals surface area contributed by atoms with Gasteiger partial charge in [0.15, 0.2) is 5.13 Å². The molecule has 3 aromatic heterocycles. The van der Waals surface area contributed by atoms with Crippen LogP contribution in [-0.2, 0) is 0 Å². The molecule has 0 aliphatic carbocycles. The summed E-state index contributed by atoms with van der Waals surface area (Å²) in [5.41, 5.74) is 3.90. The minimum atomic E-state index is 0.877. The van der Waals surface area contributed by atoms with E-state index in [9.17, 15) is 0 Å². The molecule has 0 fully saturated rings. The predicted molar refractivity (Wildman–Crippen MR) is 98.7 cm³/mol. The Morgan fingerprint density at radius 1 is 1.09 bits per heavy atom. The summed E-state index contributed by atoms with van der Waals surface area (Å²) in [6.45, 7) is 0. The molecule has 0 saturated heterocycles. The number of nitrogens with one attached hydrogen (secondary N) is 1. The molecule has 108 valence electrons. The number of anilines is 2. The first kappa shape index (κ1) is 13.7. The van der Waals surface area contributed by atoms with Gasteiger partial charge in [-0.05, 0) is 59.0 Å². The molecule has 4 rings (SSSR count). The number of aromatic nitrogens is 3. The first-order chi connectivity index (χ1) is 10.8. The van der Waals surface area contributed by atoms with Crippen molar-refractivity contribution in [3.63, 3.8) is 0 Å². The van der Waals surface area contributed by atoms with Crippen LogP contribution in [0, 0.1) is 3.57 Å². The van der Waals surface area contributed by atoms with E-state index < -0.39 is 0 Å². The Balaban J connectivity index is 1.65. The number of fused-ring (bicyclic) bond motifs is 1. The van der Waals surface area contributed by atoms with E-state index in [4.69, 9.17) is 0 Å². The molecule has 0 aliphatic heterocycles. The summed E-state index contributed by atoms with van der Waals surface area (Å²) in [6.07, 6.45) is 3.86. The summed E-state index contributed by atoms with van der Waals surface area (Å²) in [6, 6.07) is 14.2. The van der Waals surface area contributed by atoms with Gasteiger partial charge in [0.2, 0.25) is 0 Å². The Hall–Kier alpha value is -1.93. The van der Waals surface area contributed by atoms with Crippen LogP contribution in [0.5, 0.6) is 0 Å². The topological polar surface area (TPSA) is 42.2 Å². The van der Waals surface area contributed by atoms with Gasteiger partial charge in [0.05, 0.1) is 11.9 Å². The summed E-state index contributed by atoms with van der Waals surface area (Å²) in [5, 5.41) is 6.26. The summed E-state index contributed by atoms with van der Waals surface area (Å²) in [7, 11) is 0. The van der Waals surface area contributed by atoms with Crippen molar-refractivity contribution in [3.8, 4) is 11.4 Å². The SMILES string of the molecule is Ic1ccc(Nc2nc(-c3cnc4ccccn34)cs2)cc1. The maximum absolute atomic E-state index is 4.67. The van der Waals surface area contributed by atoms with Crippen LogP contribution in [0.15, 0.2) is 60.2 Å². The van der Waals surface area contributed by atoms with Crippen LogP contribution in [0.2, 0.25) is 0 Å². The van der Waals surface area contributed by atoms with Crippen LogP contribution < -0.4 is 5.32 Å². The average Bonchev–Trinajstić information content (AvgIpc) is 3.16. The molecule has 0 aliphatic rings. The maximum Gasteiger partial charge on any atom is 0.187 e. The van der Waals surface area contributed by atoms with Crippen LogP contribution in [0.4, 0.5) is 10.8 Å². The number of benzene rings is 1. The molecule has 0 bridgehead atoms. The highest BCUT2D eigenvalue weighted by molar-refractivity contribution is 14.1. The van der Waals surface area contributed by atoms with Gasteiger partial charge in [-0.3, -0.25) is 4.40 Å². The number of rotatable bonds is 3. The molecule has 0 atom stereocenters. The lowest BCUT2D eigenvalue weighted by Gasteiger charge is -2.02. The number of hydrogen-bond acceptors (Lipinski definition) is 4. The van der Waals surface area contributed by atoms with Crippen molar-refractivity contribution < 1.29 is 0 Å². The molecule has 0 unspecified atom stereocenters. The predicted octanol–water partition coefficient (Wildman–Crippen LogP) is 4.81. The Morgan fingerprint density at radius 2 is 1.95 bits per heavy atom. The standard InChI is InChI=1S/C16H11IN4S/c17-11-4-6-12(7-5-11)19-16-20-13(10-22-16)14-9-18-15-3-1-2-8-21(14)15/h1-10H,(H,19,20). The molecule has 4 aromatic rings. The average molecular weight is 418 g/mol. The maximum atomic E-state index is 4.67. The number of halogens is 1. The van der Waals surface area contributed by atoms with E-state index in [1.54, 1.807) is 11.3 Å². The van der Waals surface area contributed by atoms with Gasteiger partial charge in [-0.1, -0.05) is 6.07 Å². The number of pyridine rings is 1. The lowest BCUT2D eigenvalue weighted by Crippen LogP contribution is -1.90. The summed E-state index contributed by atoms with van der Waals surface area (Å²) in [4.78, 5) is 9.07. The van der Waals surface area contributed by atoms with Crippen LogP contribution in [0.3, 0.4) is 0 Å². The van der Waals surface area contributed by atoms with Gasteiger partial charge in [0, 0.05) is 20.8 Å². The summed E-state index contributed by atoms with van der Waals surface area (Å²) >= 11 is 3.89. The lowest BCUT2D eigenvalue weighted by molar-refractivity contribution is 1.18. The van der Waals surface area contributed by atoms with E-state index in [1.807, 2.05) is 40.4 Å². The Bertz CT molecular complexity index is 927. The highest BCUT2D eigenvalue weighted by atomic mass is 127. The van der Waals surface area contributed by atoms with Crippen molar-refractivity contribution in [1.82, 2.24) is 14.4 Å². The molecule has 0 spiro atoms. The number of nitrogens with zero attached hydrogens (tertiary/aromatic N) is 3. The molecular weight excluding hydrogens is 407 g/mol. The van der Waals surface area contributed by atoms with Gasteiger partial charge >= 0.3 is 0 Å². The smallest absolute Gasteiger partial charge is 0.187 e. The zero-order valence-electron chi connectivity index (χ0n) is 11.4. The largest absolute Gasteiger partial charge is 0.332 e. The quantitative estimate of drug-likeness (QED) is 0.486. The second-order valence-electron chi connectivity index (χ2n) is 4.74. The second-order valence-corrected chi connectivity index (χ2v) is 6.85. The highest BCUT2D eigenvalue weighted by Gasteiger charge is 2.09. The Morgan fingerprint density at radius 3 is 2.82 bits per heavy atom. The third kappa shape index (κ3) is 2.59. The zero-order chi connectivity index (χ0) is 14.9. The minimum absolute atomic E-state index is 0.877. The first-order valence-electron chi connectivity index (χ1n) is 6.70. The lowest BCUT2D eigenvalue weighted by atomic mass is 10.3. The molecule has 3 heterocycles. The summed E-state index contributed by atoms with van der Waals surface area (Å²) in [5.74, 6) is 0. The molecule has 0 saturated carbocycles. The van der Waals surface area contributed by atoms with E-state index >= 15 is 0 Å². The Kier molecular flexibility index (Phi) is 3.55. The molecule has 6 heteroatoms. The van der Waals surface area contributed by atoms with Crippen molar-refractivity contribution in [2.75, 3.05) is 5.32 Å². The number of hydrogen-bond donors (Lipinski definition) is 1. The fraction of sp³-hybridized carbons (Fsp3) is 0. The van der Waals surface area contributed by atoms with E-state index in [2.05, 4.69) is 62.1 Å². The fourth-order valence-electron chi connectivity index (χ4n) is 2.23. The molecule has 0 amide bonds. The van der Waals surface area contributed by atoms with E-state index in [0.29, 0.717) is 0 Å². The van der Waals surface area contributed by atoms with Crippen LogP contribution >= 0.6 is 33.9 Å². The molecule has 1 aromatic carbocycles. The van der Waals surface area contributed by atoms with E-state index in [1.165, 1.54) is 3.57 Å². The van der Waals surface area contributed by atoms with E-state index in [0.717, 1.165) is 27.9 Å². The third-order valence-corrected chi connectivity index (χ3v) is 4.76. The van der Waals surface area contributed by atoms with Crippen LogP contribution in [0.1, 0.15) is 0 Å². The van der Waals surface area contributed by atoms with Crippen molar-refractivity contribution in [2.24, 2.45) is 0 Å². The number of imidazole rings is 1. The van der Waals surface area contributed by atoms with Crippen LogP contribution in [0.25, 0.3) is 17.0 Å². The zero-order valence-corrected chi connectivity index (χ0v) is 14.4.